The second kappa shape index (κ2) is 9.67. The van der Waals surface area contributed by atoms with Gasteiger partial charge in [-0.2, -0.15) is 0 Å². The van der Waals surface area contributed by atoms with Crippen LogP contribution in [0.15, 0.2) is 82.6 Å². The van der Waals surface area contributed by atoms with E-state index in [1.807, 2.05) is 24.3 Å². The van der Waals surface area contributed by atoms with Crippen molar-refractivity contribution in [3.63, 3.8) is 0 Å². The number of fused-ring (bicyclic) bond motifs is 9. The summed E-state index contributed by atoms with van der Waals surface area (Å²) in [4.78, 5) is 45.3. The highest BCUT2D eigenvalue weighted by Gasteiger charge is 2.69. The van der Waals surface area contributed by atoms with Crippen LogP contribution in [-0.4, -0.2) is 22.0 Å². The molecule has 6 unspecified atom stereocenters. The third-order valence-corrected chi connectivity index (χ3v) is 12.3. The first-order valence-electron chi connectivity index (χ1n) is 14.2. The number of H-pyrrole nitrogens is 1. The van der Waals surface area contributed by atoms with E-state index in [9.17, 15) is 18.8 Å². The number of thiazole rings is 1. The van der Waals surface area contributed by atoms with E-state index in [1.54, 1.807) is 11.8 Å². The van der Waals surface area contributed by atoms with Crippen molar-refractivity contribution in [2.24, 2.45) is 29.6 Å². The molecule has 0 radical (unpaired) electrons. The zero-order chi connectivity index (χ0) is 28.7. The minimum Gasteiger partial charge on any atom is -0.489 e. The normalized spacial score (nSPS) is 29.0. The molecular formula is C33H27FN2O4S2. The van der Waals surface area contributed by atoms with Crippen molar-refractivity contribution in [1.82, 2.24) is 4.98 Å². The molecule has 8 rings (SSSR count). The second-order valence-corrected chi connectivity index (χ2v) is 13.9. The number of nitrogens with one attached hydrogen (secondary N) is 1. The zero-order valence-electron chi connectivity index (χ0n) is 22.7. The topological polar surface area (TPSA) is 79.5 Å². The number of aromatic nitrogens is 1. The van der Waals surface area contributed by atoms with E-state index < -0.39 is 11.7 Å². The van der Waals surface area contributed by atoms with Gasteiger partial charge in [0.05, 0.1) is 22.5 Å². The Balaban J connectivity index is 1.12. The molecule has 7 atom stereocenters. The van der Waals surface area contributed by atoms with Gasteiger partial charge in [0.25, 0.3) is 0 Å². The van der Waals surface area contributed by atoms with E-state index in [4.69, 9.17) is 4.74 Å². The maximum absolute atomic E-state index is 13.8. The smallest absolute Gasteiger partial charge is 0.305 e. The van der Waals surface area contributed by atoms with Crippen LogP contribution >= 0.6 is 23.1 Å². The Hall–Kier alpha value is -3.69. The molecule has 1 aromatic heterocycles. The van der Waals surface area contributed by atoms with Crippen molar-refractivity contribution in [1.29, 1.82) is 0 Å². The molecule has 1 N–H and O–H groups in total. The van der Waals surface area contributed by atoms with Crippen molar-refractivity contribution >= 4 is 40.6 Å². The molecule has 4 aromatic rings. The number of nitrogens with zero attached hydrogens (tertiary/aromatic N) is 1. The number of carbonyl (C=O) groups excluding carboxylic acids is 2. The Kier molecular flexibility index (Phi) is 5.98. The molecule has 9 heteroatoms. The van der Waals surface area contributed by atoms with Crippen LogP contribution in [0.4, 0.5) is 10.1 Å². The summed E-state index contributed by atoms with van der Waals surface area (Å²) < 4.78 is 19.7. The van der Waals surface area contributed by atoms with Crippen LogP contribution in [0, 0.1) is 42.3 Å². The molecule has 4 aliphatic rings. The van der Waals surface area contributed by atoms with E-state index in [0.717, 1.165) is 33.2 Å². The van der Waals surface area contributed by atoms with Gasteiger partial charge in [-0.1, -0.05) is 47.7 Å². The number of hydrogen-bond acceptors (Lipinski definition) is 6. The van der Waals surface area contributed by atoms with E-state index in [-0.39, 0.29) is 51.5 Å². The fourth-order valence-corrected chi connectivity index (χ4v) is 10.8. The van der Waals surface area contributed by atoms with Gasteiger partial charge in [0.15, 0.2) is 0 Å². The van der Waals surface area contributed by atoms with Gasteiger partial charge < -0.3 is 9.72 Å². The van der Waals surface area contributed by atoms with Gasteiger partial charge in [-0.15, -0.1) is 11.8 Å². The highest BCUT2D eigenvalue weighted by Crippen LogP contribution is 2.68. The van der Waals surface area contributed by atoms with Gasteiger partial charge in [-0.3, -0.25) is 19.3 Å². The zero-order valence-corrected chi connectivity index (χ0v) is 24.3. The number of halogens is 1. The van der Waals surface area contributed by atoms with Crippen LogP contribution in [0.3, 0.4) is 0 Å². The van der Waals surface area contributed by atoms with E-state index in [0.29, 0.717) is 12.3 Å². The molecule has 6 nitrogen and oxygen atoms in total. The fraction of sp³-hybridized carbons (Fsp3) is 0.303. The van der Waals surface area contributed by atoms with Crippen molar-refractivity contribution in [3.8, 4) is 5.75 Å². The molecule has 2 aliphatic carbocycles. The lowest BCUT2D eigenvalue weighted by Crippen LogP contribution is -2.42. The van der Waals surface area contributed by atoms with Crippen LogP contribution in [0.1, 0.15) is 33.9 Å². The lowest BCUT2D eigenvalue weighted by molar-refractivity contribution is -0.123. The maximum atomic E-state index is 13.8. The van der Waals surface area contributed by atoms with Crippen LogP contribution < -0.4 is 14.5 Å². The molecule has 2 bridgehead atoms. The summed E-state index contributed by atoms with van der Waals surface area (Å²) >= 11 is 2.92. The number of aromatic amines is 1. The first-order chi connectivity index (χ1) is 20.4. The summed E-state index contributed by atoms with van der Waals surface area (Å²) in [7, 11) is 0. The number of benzene rings is 3. The second-order valence-electron chi connectivity index (χ2n) is 11.7. The molecule has 212 valence electrons. The SMILES string of the molecule is Cc1ccccc1COc1ccc([C@H]2c3sc(=O)[nH]c3SC3C4CC(C5C(=O)N(c6ccc(F)cc6)C(=O)C45)C32)cc1. The molecular weight excluding hydrogens is 572 g/mol. The van der Waals surface area contributed by atoms with Gasteiger partial charge in [-0.05, 0) is 84.2 Å². The number of anilines is 1. The predicted molar refractivity (Wildman–Crippen MR) is 159 cm³/mol. The quantitative estimate of drug-likeness (QED) is 0.279. The molecule has 2 aliphatic heterocycles. The number of amides is 2. The summed E-state index contributed by atoms with van der Waals surface area (Å²) in [6.45, 7) is 2.55. The monoisotopic (exact) mass is 598 g/mol. The first kappa shape index (κ1) is 26.0. The van der Waals surface area contributed by atoms with Crippen molar-refractivity contribution in [2.75, 3.05) is 4.90 Å². The number of aryl methyl sites for hydroxylation is 1. The highest BCUT2D eigenvalue weighted by molar-refractivity contribution is 8.00. The largest absolute Gasteiger partial charge is 0.489 e. The number of imide groups is 1. The van der Waals surface area contributed by atoms with Gasteiger partial charge in [-0.25, -0.2) is 4.39 Å². The Morgan fingerprint density at radius 3 is 2.38 bits per heavy atom. The average Bonchev–Trinajstić information content (AvgIpc) is 3.72. The van der Waals surface area contributed by atoms with Gasteiger partial charge in [0.2, 0.25) is 11.8 Å². The van der Waals surface area contributed by atoms with E-state index in [2.05, 4.69) is 36.2 Å². The molecule has 0 spiro atoms. The first-order valence-corrected chi connectivity index (χ1v) is 15.9. The fourth-order valence-electron chi connectivity index (χ4n) is 7.94. The Labute approximate surface area is 249 Å². The molecule has 2 saturated carbocycles. The third-order valence-electron chi connectivity index (χ3n) is 9.70. The minimum atomic E-state index is -0.407. The highest BCUT2D eigenvalue weighted by atomic mass is 32.2. The Bertz CT molecular complexity index is 1780. The Morgan fingerprint density at radius 2 is 1.64 bits per heavy atom. The maximum Gasteiger partial charge on any atom is 0.305 e. The number of carbonyl (C=O) groups is 2. The summed E-state index contributed by atoms with van der Waals surface area (Å²) in [6.07, 6.45) is 0.819. The molecule has 1 saturated heterocycles. The molecule has 42 heavy (non-hydrogen) atoms. The number of hydrogen-bond donors (Lipinski definition) is 1. The lowest BCUT2D eigenvalue weighted by Gasteiger charge is -2.43. The molecule has 2 amide bonds. The summed E-state index contributed by atoms with van der Waals surface area (Å²) in [5.41, 5.74) is 3.83. The van der Waals surface area contributed by atoms with Gasteiger partial charge >= 0.3 is 4.87 Å². The van der Waals surface area contributed by atoms with Crippen LogP contribution in [-0.2, 0) is 16.2 Å². The van der Waals surface area contributed by atoms with Gasteiger partial charge in [0, 0.05) is 16.0 Å². The predicted octanol–water partition coefficient (Wildman–Crippen LogP) is 6.14. The summed E-state index contributed by atoms with van der Waals surface area (Å²) in [5, 5.41) is 0.994. The minimum absolute atomic E-state index is 0.0201. The van der Waals surface area contributed by atoms with Gasteiger partial charge in [0.1, 0.15) is 18.2 Å². The molecule has 3 aromatic carbocycles. The summed E-state index contributed by atoms with van der Waals surface area (Å²) in [5.74, 6) is -0.667. The number of ether oxygens (including phenoxy) is 1. The van der Waals surface area contributed by atoms with Crippen LogP contribution in [0.2, 0.25) is 0 Å². The van der Waals surface area contributed by atoms with Crippen molar-refractivity contribution in [2.45, 2.75) is 36.1 Å². The molecule has 3 heterocycles. The van der Waals surface area contributed by atoms with Crippen molar-refractivity contribution < 1.29 is 18.7 Å². The van der Waals surface area contributed by atoms with E-state index in [1.165, 1.54) is 46.1 Å². The third kappa shape index (κ3) is 3.86. The lowest BCUT2D eigenvalue weighted by atomic mass is 9.68. The van der Waals surface area contributed by atoms with Crippen LogP contribution in [0.25, 0.3) is 0 Å². The summed E-state index contributed by atoms with van der Waals surface area (Å²) in [6, 6.07) is 21.9. The standard InChI is InChI=1S/C33H27FN2O4S2/c1-16-4-2-3-5-18(16)15-40-21-12-6-17(7-13-21)24-25-22-14-23(28(25)41-30-29(24)42-33(39)35-30)27-26(22)31(37)36(32(27)38)20-10-8-19(34)9-11-20/h2-13,22-28H,14-15H2,1H3,(H,35,39)/t22?,23?,24-,25?,26?,27?,28?/m1/s1. The number of thioether (sulfide) groups is 1. The van der Waals surface area contributed by atoms with Crippen LogP contribution in [0.5, 0.6) is 5.75 Å². The average molecular weight is 599 g/mol. The number of rotatable bonds is 5. The van der Waals surface area contributed by atoms with Crippen molar-refractivity contribution in [3.05, 3.63) is 110 Å². The van der Waals surface area contributed by atoms with E-state index >= 15 is 0 Å². The Morgan fingerprint density at radius 1 is 0.929 bits per heavy atom. The molecule has 3 fully saturated rings.